The summed E-state index contributed by atoms with van der Waals surface area (Å²) in [5.74, 6) is 0.658. The molecule has 29 heavy (non-hydrogen) atoms. The number of ketones is 1. The minimum Gasteiger partial charge on any atom is -0.481 e. The van der Waals surface area contributed by atoms with E-state index in [-0.39, 0.29) is 17.4 Å². The maximum Gasteiger partial charge on any atom is 0.266 e. The fourth-order valence-electron chi connectivity index (χ4n) is 2.46. The Balaban J connectivity index is 1.53. The summed E-state index contributed by atoms with van der Waals surface area (Å²) in [5, 5.41) is 11.1. The Morgan fingerprint density at radius 2 is 1.86 bits per heavy atom. The van der Waals surface area contributed by atoms with Crippen LogP contribution in [0.15, 0.2) is 52.9 Å². The van der Waals surface area contributed by atoms with E-state index in [9.17, 15) is 9.59 Å². The molecule has 0 saturated heterocycles. The quantitative estimate of drug-likeness (QED) is 0.323. The number of Topliss-reactive ketones (excluding diaryl/α,β-unsaturated/α-hetero) is 1. The van der Waals surface area contributed by atoms with Crippen molar-refractivity contribution in [3.05, 3.63) is 65.2 Å². The fraction of sp³-hybridized carbons (Fsp3) is 0.238. The molecule has 0 aliphatic heterocycles. The Labute approximate surface area is 177 Å². The molecule has 3 rings (SSSR count). The minimum atomic E-state index is -0.685. The molecule has 0 radical (unpaired) electrons. The van der Waals surface area contributed by atoms with Crippen LogP contribution in [-0.4, -0.2) is 33.7 Å². The van der Waals surface area contributed by atoms with E-state index < -0.39 is 6.10 Å². The van der Waals surface area contributed by atoms with Gasteiger partial charge in [-0.1, -0.05) is 65.6 Å². The van der Waals surface area contributed by atoms with Crippen LogP contribution in [0.3, 0.4) is 0 Å². The number of aryl methyl sites for hydroxylation is 1. The van der Waals surface area contributed by atoms with E-state index >= 15 is 0 Å². The Kier molecular flexibility index (Phi) is 7.00. The number of aromatic nitrogens is 2. The van der Waals surface area contributed by atoms with E-state index in [1.807, 2.05) is 50.2 Å². The van der Waals surface area contributed by atoms with Crippen LogP contribution >= 0.6 is 23.1 Å². The first kappa shape index (κ1) is 21.0. The average molecular weight is 428 g/mol. The number of hydrogen-bond donors (Lipinski definition) is 1. The number of nitrogens with zero attached hydrogens (tertiary/aromatic N) is 2. The Morgan fingerprint density at radius 1 is 1.10 bits per heavy atom. The van der Waals surface area contributed by atoms with Crippen molar-refractivity contribution in [2.24, 2.45) is 0 Å². The summed E-state index contributed by atoms with van der Waals surface area (Å²) in [6.45, 7) is 5.64. The second-order valence-corrected chi connectivity index (χ2v) is 8.60. The fourth-order valence-corrected chi connectivity index (χ4v) is 4.11. The number of rotatable bonds is 8. The standard InChI is InChI=1S/C21H21N3O3S2/c1-13-8-7-11-18(14(13)2)27-15(3)19(26)22-20-23-24-21(29-20)28-12-17(25)16-9-5-4-6-10-16/h4-11,15H,12H2,1-3H3,(H,22,23,26). The molecule has 0 bridgehead atoms. The average Bonchev–Trinajstić information content (AvgIpc) is 3.17. The van der Waals surface area contributed by atoms with Gasteiger partial charge in [0, 0.05) is 5.56 Å². The van der Waals surface area contributed by atoms with Gasteiger partial charge in [-0.15, -0.1) is 10.2 Å². The summed E-state index contributed by atoms with van der Waals surface area (Å²) in [4.78, 5) is 24.6. The second kappa shape index (κ2) is 9.67. The third-order valence-electron chi connectivity index (χ3n) is 4.29. The molecule has 150 valence electrons. The number of carbonyl (C=O) groups excluding carboxylic acids is 2. The van der Waals surface area contributed by atoms with Crippen molar-refractivity contribution in [3.8, 4) is 5.75 Å². The largest absolute Gasteiger partial charge is 0.481 e. The topological polar surface area (TPSA) is 81.2 Å². The van der Waals surface area contributed by atoms with Crippen molar-refractivity contribution in [3.63, 3.8) is 0 Å². The van der Waals surface area contributed by atoms with Crippen molar-refractivity contribution in [1.82, 2.24) is 10.2 Å². The van der Waals surface area contributed by atoms with Crippen molar-refractivity contribution < 1.29 is 14.3 Å². The smallest absolute Gasteiger partial charge is 0.266 e. The minimum absolute atomic E-state index is 0.0203. The molecule has 6 nitrogen and oxygen atoms in total. The summed E-state index contributed by atoms with van der Waals surface area (Å²) >= 11 is 2.53. The van der Waals surface area contributed by atoms with Crippen molar-refractivity contribution in [1.29, 1.82) is 0 Å². The van der Waals surface area contributed by atoms with Crippen molar-refractivity contribution >= 4 is 39.9 Å². The van der Waals surface area contributed by atoms with E-state index in [0.29, 0.717) is 20.8 Å². The SMILES string of the molecule is Cc1cccc(OC(C)C(=O)Nc2nnc(SCC(=O)c3ccccc3)s2)c1C. The first-order valence-electron chi connectivity index (χ1n) is 9.02. The lowest BCUT2D eigenvalue weighted by atomic mass is 10.1. The van der Waals surface area contributed by atoms with E-state index in [1.54, 1.807) is 19.1 Å². The van der Waals surface area contributed by atoms with Crippen LogP contribution in [0.25, 0.3) is 0 Å². The van der Waals surface area contributed by atoms with Gasteiger partial charge in [-0.3, -0.25) is 14.9 Å². The third kappa shape index (κ3) is 5.65. The first-order chi connectivity index (χ1) is 13.9. The number of benzene rings is 2. The summed E-state index contributed by atoms with van der Waals surface area (Å²) < 4.78 is 6.41. The predicted molar refractivity (Wildman–Crippen MR) is 116 cm³/mol. The van der Waals surface area contributed by atoms with Crippen LogP contribution in [0.4, 0.5) is 5.13 Å². The molecule has 1 unspecified atom stereocenters. The molecular formula is C21H21N3O3S2. The molecule has 0 saturated carbocycles. The summed E-state index contributed by atoms with van der Waals surface area (Å²) in [6.07, 6.45) is -0.685. The van der Waals surface area contributed by atoms with Gasteiger partial charge in [0.25, 0.3) is 5.91 Å². The van der Waals surface area contributed by atoms with Crippen LogP contribution < -0.4 is 10.1 Å². The van der Waals surface area contributed by atoms with Crippen LogP contribution in [0.1, 0.15) is 28.4 Å². The number of carbonyl (C=O) groups is 2. The second-order valence-electron chi connectivity index (χ2n) is 6.40. The van der Waals surface area contributed by atoms with Crippen LogP contribution in [-0.2, 0) is 4.79 Å². The molecule has 0 aliphatic rings. The molecule has 1 N–H and O–H groups in total. The van der Waals surface area contributed by atoms with Gasteiger partial charge in [-0.05, 0) is 38.0 Å². The lowest BCUT2D eigenvalue weighted by molar-refractivity contribution is -0.122. The zero-order valence-corrected chi connectivity index (χ0v) is 18.0. The van der Waals surface area contributed by atoms with Crippen LogP contribution in [0.2, 0.25) is 0 Å². The molecular weight excluding hydrogens is 406 g/mol. The molecule has 0 spiro atoms. The molecule has 3 aromatic rings. The van der Waals surface area contributed by atoms with E-state index in [2.05, 4.69) is 15.5 Å². The van der Waals surface area contributed by atoms with Gasteiger partial charge in [0.15, 0.2) is 16.2 Å². The Bertz CT molecular complexity index is 1010. The highest BCUT2D eigenvalue weighted by atomic mass is 32.2. The number of amides is 1. The normalized spacial score (nSPS) is 11.7. The Morgan fingerprint density at radius 3 is 2.62 bits per heavy atom. The highest BCUT2D eigenvalue weighted by Crippen LogP contribution is 2.27. The molecule has 1 aromatic heterocycles. The van der Waals surface area contributed by atoms with Gasteiger partial charge in [-0.2, -0.15) is 0 Å². The maximum absolute atomic E-state index is 12.4. The highest BCUT2D eigenvalue weighted by Gasteiger charge is 2.18. The zero-order chi connectivity index (χ0) is 20.8. The third-order valence-corrected chi connectivity index (χ3v) is 6.26. The zero-order valence-electron chi connectivity index (χ0n) is 16.3. The number of anilines is 1. The molecule has 0 fully saturated rings. The predicted octanol–water partition coefficient (Wildman–Crippen LogP) is 4.54. The van der Waals surface area contributed by atoms with Crippen molar-refractivity contribution in [2.75, 3.05) is 11.1 Å². The number of nitrogens with one attached hydrogen (secondary N) is 1. The van der Waals surface area contributed by atoms with Gasteiger partial charge >= 0.3 is 0 Å². The van der Waals surface area contributed by atoms with E-state index in [0.717, 1.165) is 11.1 Å². The molecule has 1 heterocycles. The lowest BCUT2D eigenvalue weighted by Crippen LogP contribution is -2.30. The van der Waals surface area contributed by atoms with Gasteiger partial charge in [0.1, 0.15) is 5.75 Å². The maximum atomic E-state index is 12.4. The Hall–Kier alpha value is -2.71. The van der Waals surface area contributed by atoms with Crippen LogP contribution in [0, 0.1) is 13.8 Å². The van der Waals surface area contributed by atoms with Gasteiger partial charge < -0.3 is 4.74 Å². The summed E-state index contributed by atoms with van der Waals surface area (Å²) in [5.41, 5.74) is 2.77. The number of ether oxygens (including phenoxy) is 1. The molecule has 0 aliphatic carbocycles. The van der Waals surface area contributed by atoms with Gasteiger partial charge in [0.05, 0.1) is 5.75 Å². The number of thioether (sulfide) groups is 1. The van der Waals surface area contributed by atoms with Crippen molar-refractivity contribution in [2.45, 2.75) is 31.2 Å². The number of hydrogen-bond acceptors (Lipinski definition) is 7. The van der Waals surface area contributed by atoms with Gasteiger partial charge in [0.2, 0.25) is 5.13 Å². The summed E-state index contributed by atoms with van der Waals surface area (Å²) in [6, 6.07) is 14.8. The molecule has 1 atom stereocenters. The van der Waals surface area contributed by atoms with Crippen LogP contribution in [0.5, 0.6) is 5.75 Å². The monoisotopic (exact) mass is 427 g/mol. The van der Waals surface area contributed by atoms with Gasteiger partial charge in [-0.25, -0.2) is 0 Å². The lowest BCUT2D eigenvalue weighted by Gasteiger charge is -2.16. The first-order valence-corrected chi connectivity index (χ1v) is 10.8. The van der Waals surface area contributed by atoms with E-state index in [4.69, 9.17) is 4.74 Å². The highest BCUT2D eigenvalue weighted by molar-refractivity contribution is 8.01. The molecule has 8 heteroatoms. The molecule has 1 amide bonds. The van der Waals surface area contributed by atoms with E-state index in [1.165, 1.54) is 23.1 Å². The molecule has 2 aromatic carbocycles. The summed E-state index contributed by atoms with van der Waals surface area (Å²) in [7, 11) is 0.